The number of phosphoric ester groups is 1. The Morgan fingerprint density at radius 1 is 0.964 bits per heavy atom. The lowest BCUT2D eigenvalue weighted by atomic mass is 10.2. The van der Waals surface area contributed by atoms with E-state index in [0.29, 0.717) is 12.8 Å². The zero-order valence-corrected chi connectivity index (χ0v) is 17.5. The summed E-state index contributed by atoms with van der Waals surface area (Å²) in [4.78, 5) is 33.1. The zero-order valence-electron chi connectivity index (χ0n) is 16.6. The van der Waals surface area contributed by atoms with E-state index in [0.717, 1.165) is 25.7 Å². The number of hydrogen-bond acceptors (Lipinski definition) is 9. The van der Waals surface area contributed by atoms with E-state index in [1.165, 1.54) is 0 Å². The summed E-state index contributed by atoms with van der Waals surface area (Å²) in [5, 5.41) is 17.7. The first-order valence-corrected chi connectivity index (χ1v) is 11.0. The van der Waals surface area contributed by atoms with Crippen LogP contribution in [0.25, 0.3) is 0 Å². The maximum absolute atomic E-state index is 11.9. The Morgan fingerprint density at radius 3 is 2.07 bits per heavy atom. The molecule has 0 rings (SSSR count). The van der Waals surface area contributed by atoms with Crippen LogP contribution in [0.2, 0.25) is 0 Å². The van der Waals surface area contributed by atoms with E-state index in [1.807, 2.05) is 13.8 Å². The van der Waals surface area contributed by atoms with Crippen molar-refractivity contribution in [3.63, 3.8) is 0 Å². The zero-order chi connectivity index (χ0) is 21.4. The van der Waals surface area contributed by atoms with Gasteiger partial charge in [0.25, 0.3) is 0 Å². The SMILES string of the molecule is CCCCCC(=O)OCC(COP(=O)(O)OC(O)CO)OC(=O)CCCCC. The number of unbranched alkanes of at least 4 members (excludes halogenated alkanes) is 4. The van der Waals surface area contributed by atoms with Gasteiger partial charge in [-0.2, -0.15) is 0 Å². The van der Waals surface area contributed by atoms with Gasteiger partial charge in [0.15, 0.2) is 12.4 Å². The fourth-order valence-corrected chi connectivity index (χ4v) is 2.84. The predicted octanol–water partition coefficient (Wildman–Crippen LogP) is 2.05. The molecule has 0 saturated heterocycles. The molecule has 3 unspecified atom stereocenters. The van der Waals surface area contributed by atoms with E-state index in [-0.39, 0.29) is 19.4 Å². The Bertz CT molecular complexity index is 485. The van der Waals surface area contributed by atoms with Gasteiger partial charge < -0.3 is 24.6 Å². The Balaban J connectivity index is 4.63. The number of rotatable bonds is 17. The number of carbonyl (C=O) groups excluding carboxylic acids is 2. The summed E-state index contributed by atoms with van der Waals surface area (Å²) in [7, 11) is -4.70. The maximum Gasteiger partial charge on any atom is 0.474 e. The van der Waals surface area contributed by atoms with E-state index in [1.54, 1.807) is 0 Å². The van der Waals surface area contributed by atoms with Gasteiger partial charge in [-0.15, -0.1) is 0 Å². The summed E-state index contributed by atoms with van der Waals surface area (Å²) in [6, 6.07) is 0. The monoisotopic (exact) mass is 428 g/mol. The minimum Gasteiger partial charge on any atom is -0.462 e. The van der Waals surface area contributed by atoms with Crippen LogP contribution < -0.4 is 0 Å². The lowest BCUT2D eigenvalue weighted by Crippen LogP contribution is -2.30. The first kappa shape index (κ1) is 27.0. The van der Waals surface area contributed by atoms with E-state index in [9.17, 15) is 19.0 Å². The lowest BCUT2D eigenvalue weighted by molar-refractivity contribution is -0.161. The van der Waals surface area contributed by atoms with Gasteiger partial charge in [-0.05, 0) is 12.8 Å². The molecule has 0 aromatic rings. The first-order chi connectivity index (χ1) is 13.2. The molecule has 0 aliphatic rings. The third-order valence-electron chi connectivity index (χ3n) is 3.53. The van der Waals surface area contributed by atoms with Crippen LogP contribution in [0.4, 0.5) is 0 Å². The number of phosphoric acid groups is 1. The molecule has 0 saturated carbocycles. The molecule has 0 heterocycles. The quantitative estimate of drug-likeness (QED) is 0.136. The number of ether oxygens (including phenoxy) is 2. The van der Waals surface area contributed by atoms with Crippen LogP contribution in [0.1, 0.15) is 65.2 Å². The number of carbonyl (C=O) groups is 2. The molecule has 28 heavy (non-hydrogen) atoms. The molecule has 11 heteroatoms. The molecule has 3 atom stereocenters. The highest BCUT2D eigenvalue weighted by molar-refractivity contribution is 7.47. The van der Waals surface area contributed by atoms with Gasteiger partial charge >= 0.3 is 19.8 Å². The van der Waals surface area contributed by atoms with Gasteiger partial charge in [0.1, 0.15) is 6.61 Å². The first-order valence-electron chi connectivity index (χ1n) is 9.53. The normalized spacial score (nSPS) is 15.5. The Labute approximate surface area is 165 Å². The number of hydrogen-bond donors (Lipinski definition) is 3. The number of esters is 2. The predicted molar refractivity (Wildman–Crippen MR) is 99.1 cm³/mol. The van der Waals surface area contributed by atoms with Gasteiger partial charge in [-0.25, -0.2) is 4.57 Å². The van der Waals surface area contributed by atoms with Crippen molar-refractivity contribution in [3.05, 3.63) is 0 Å². The Hall–Kier alpha value is -1.03. The van der Waals surface area contributed by atoms with E-state index in [2.05, 4.69) is 9.05 Å². The average molecular weight is 428 g/mol. The van der Waals surface area contributed by atoms with Gasteiger partial charge in [-0.3, -0.25) is 18.6 Å². The molecule has 3 N–H and O–H groups in total. The van der Waals surface area contributed by atoms with Crippen molar-refractivity contribution in [1.82, 2.24) is 0 Å². The molecular formula is C17H33O10P. The minimum absolute atomic E-state index is 0.158. The van der Waals surface area contributed by atoms with Gasteiger partial charge in [0.05, 0.1) is 13.2 Å². The van der Waals surface area contributed by atoms with Crippen molar-refractivity contribution < 1.29 is 47.8 Å². The van der Waals surface area contributed by atoms with E-state index >= 15 is 0 Å². The molecule has 0 amide bonds. The van der Waals surface area contributed by atoms with Crippen LogP contribution in [0.3, 0.4) is 0 Å². The van der Waals surface area contributed by atoms with E-state index < -0.39 is 45.4 Å². The summed E-state index contributed by atoms with van der Waals surface area (Å²) in [5.74, 6) is -1.02. The number of aliphatic hydroxyl groups is 2. The summed E-state index contributed by atoms with van der Waals surface area (Å²) < 4.78 is 30.8. The Morgan fingerprint density at radius 2 is 1.54 bits per heavy atom. The van der Waals surface area contributed by atoms with E-state index in [4.69, 9.17) is 19.7 Å². The third-order valence-corrected chi connectivity index (χ3v) is 4.52. The molecule has 0 aromatic heterocycles. The van der Waals surface area contributed by atoms with Crippen LogP contribution in [-0.2, 0) is 32.7 Å². The van der Waals surface area contributed by atoms with Crippen molar-refractivity contribution in [1.29, 1.82) is 0 Å². The van der Waals surface area contributed by atoms with Crippen molar-refractivity contribution in [2.75, 3.05) is 19.8 Å². The molecule has 0 bridgehead atoms. The molecule has 0 fully saturated rings. The standard InChI is InChI=1S/C17H33O10P/c1-3-5-7-9-15(19)24-12-14(26-16(20)10-8-6-4-2)13-25-28(22,23)27-17(21)11-18/h14,17-18,21H,3-13H2,1-2H3,(H,22,23). The Kier molecular flexibility index (Phi) is 15.3. The average Bonchev–Trinajstić information content (AvgIpc) is 2.64. The van der Waals surface area contributed by atoms with Crippen LogP contribution in [0.5, 0.6) is 0 Å². The van der Waals surface area contributed by atoms with Crippen LogP contribution in [0, 0.1) is 0 Å². The second-order valence-corrected chi connectivity index (χ2v) is 7.62. The summed E-state index contributed by atoms with van der Waals surface area (Å²) in [6.45, 7) is 2.15. The largest absolute Gasteiger partial charge is 0.474 e. The summed E-state index contributed by atoms with van der Waals surface area (Å²) in [6.07, 6.45) is 2.27. The second-order valence-electron chi connectivity index (χ2n) is 6.22. The highest BCUT2D eigenvalue weighted by Crippen LogP contribution is 2.44. The molecule has 0 spiro atoms. The summed E-state index contributed by atoms with van der Waals surface area (Å²) >= 11 is 0. The van der Waals surface area contributed by atoms with Crippen molar-refractivity contribution in [3.8, 4) is 0 Å². The number of aliphatic hydroxyl groups excluding tert-OH is 2. The molecule has 0 radical (unpaired) electrons. The summed E-state index contributed by atoms with van der Waals surface area (Å²) in [5.41, 5.74) is 0. The topological polar surface area (TPSA) is 149 Å². The molecule has 166 valence electrons. The van der Waals surface area contributed by atoms with Gasteiger partial charge in [-0.1, -0.05) is 39.5 Å². The van der Waals surface area contributed by atoms with Crippen molar-refractivity contribution in [2.24, 2.45) is 0 Å². The highest BCUT2D eigenvalue weighted by atomic mass is 31.2. The van der Waals surface area contributed by atoms with Crippen LogP contribution >= 0.6 is 7.82 Å². The fraction of sp³-hybridized carbons (Fsp3) is 0.882. The van der Waals surface area contributed by atoms with Gasteiger partial charge in [0.2, 0.25) is 0 Å². The molecule has 0 aromatic carbocycles. The molecule has 10 nitrogen and oxygen atoms in total. The second kappa shape index (κ2) is 15.8. The van der Waals surface area contributed by atoms with Crippen LogP contribution in [0.15, 0.2) is 0 Å². The van der Waals surface area contributed by atoms with Crippen LogP contribution in [-0.4, -0.2) is 59.3 Å². The lowest BCUT2D eigenvalue weighted by Gasteiger charge is -2.20. The molecule has 0 aliphatic carbocycles. The van der Waals surface area contributed by atoms with Crippen molar-refractivity contribution in [2.45, 2.75) is 77.6 Å². The minimum atomic E-state index is -4.70. The smallest absolute Gasteiger partial charge is 0.462 e. The molecule has 0 aliphatic heterocycles. The highest BCUT2D eigenvalue weighted by Gasteiger charge is 2.28. The fourth-order valence-electron chi connectivity index (χ4n) is 2.05. The molecular weight excluding hydrogens is 395 g/mol. The third kappa shape index (κ3) is 15.0. The maximum atomic E-state index is 11.9. The van der Waals surface area contributed by atoms with Crippen molar-refractivity contribution >= 4 is 19.8 Å². The van der Waals surface area contributed by atoms with Gasteiger partial charge in [0, 0.05) is 12.8 Å².